The molecule has 0 bridgehead atoms. The molecule has 1 aromatic heterocycles. The maximum absolute atomic E-state index is 12.6. The van der Waals surface area contributed by atoms with E-state index in [-0.39, 0.29) is 19.1 Å². The van der Waals surface area contributed by atoms with Gasteiger partial charge in [0, 0.05) is 29.1 Å². The summed E-state index contributed by atoms with van der Waals surface area (Å²) in [4.78, 5) is 24.4. The molecule has 11 heteroatoms. The first-order valence-corrected chi connectivity index (χ1v) is 9.98. The summed E-state index contributed by atoms with van der Waals surface area (Å²) in [5, 5.41) is 12.9. The zero-order valence-corrected chi connectivity index (χ0v) is 18.1. The number of nitrogens with one attached hydrogen (secondary N) is 3. The highest BCUT2D eigenvalue weighted by atomic mass is 35.5. The molecule has 3 aromatic rings. The van der Waals surface area contributed by atoms with Crippen LogP contribution in [0.4, 0.5) is 16.2 Å². The zero-order chi connectivity index (χ0) is 22.2. The minimum atomic E-state index is -0.613. The van der Waals surface area contributed by atoms with Gasteiger partial charge in [-0.2, -0.15) is 5.10 Å². The number of carbonyl (C=O) groups is 2. The molecule has 0 unspecified atom stereocenters. The summed E-state index contributed by atoms with van der Waals surface area (Å²) in [6.07, 6.45) is -0.613. The van der Waals surface area contributed by atoms with E-state index >= 15 is 0 Å². The van der Waals surface area contributed by atoms with Crippen LogP contribution in [0.5, 0.6) is 0 Å². The number of rotatable bonds is 8. The van der Waals surface area contributed by atoms with Gasteiger partial charge in [0.2, 0.25) is 5.91 Å². The van der Waals surface area contributed by atoms with Gasteiger partial charge in [-0.25, -0.2) is 4.79 Å². The van der Waals surface area contributed by atoms with Gasteiger partial charge in [-0.3, -0.25) is 19.8 Å². The Bertz CT molecular complexity index is 1110. The molecule has 9 nitrogen and oxygen atoms in total. The second kappa shape index (κ2) is 10.7. The fourth-order valence-electron chi connectivity index (χ4n) is 2.67. The average molecular weight is 462 g/mol. The summed E-state index contributed by atoms with van der Waals surface area (Å²) in [5.41, 5.74) is 1.74. The summed E-state index contributed by atoms with van der Waals surface area (Å²) >= 11 is 11.2. The number of hydrogen-bond donors (Lipinski definition) is 3. The Hall–Kier alpha value is -3.21. The number of H-pyrrole nitrogens is 1. The third-order valence-corrected chi connectivity index (χ3v) is 4.64. The maximum Gasteiger partial charge on any atom is 0.411 e. The van der Waals surface area contributed by atoms with E-state index in [1.54, 1.807) is 53.1 Å². The lowest BCUT2D eigenvalue weighted by atomic mass is 10.2. The van der Waals surface area contributed by atoms with E-state index in [9.17, 15) is 9.59 Å². The molecule has 31 heavy (non-hydrogen) atoms. The van der Waals surface area contributed by atoms with Crippen LogP contribution in [0.2, 0.25) is 5.02 Å². The van der Waals surface area contributed by atoms with Crippen molar-refractivity contribution in [3.8, 4) is 11.4 Å². The Morgan fingerprint density at radius 1 is 1.13 bits per heavy atom. The predicted octanol–water partition coefficient (Wildman–Crippen LogP) is 4.09. The van der Waals surface area contributed by atoms with E-state index in [1.807, 2.05) is 0 Å². The van der Waals surface area contributed by atoms with Gasteiger partial charge in [-0.05, 0) is 54.7 Å². The zero-order valence-electron chi connectivity index (χ0n) is 16.6. The van der Waals surface area contributed by atoms with Gasteiger partial charge in [0.05, 0.1) is 6.61 Å². The smallest absolute Gasteiger partial charge is 0.411 e. The lowest BCUT2D eigenvalue weighted by Crippen LogP contribution is -2.20. The Kier molecular flexibility index (Phi) is 7.76. The molecule has 0 atom stereocenters. The SMILES string of the molecule is COCCOC(=O)Nc1cccc(NC(=O)Cn2c(-c3ccc(Cl)cc3)n[nH]c2=S)c1. The van der Waals surface area contributed by atoms with E-state index in [2.05, 4.69) is 20.8 Å². The highest BCUT2D eigenvalue weighted by molar-refractivity contribution is 7.71. The van der Waals surface area contributed by atoms with Gasteiger partial charge in [-0.1, -0.05) is 17.7 Å². The van der Waals surface area contributed by atoms with E-state index in [4.69, 9.17) is 33.3 Å². The number of aromatic nitrogens is 3. The quantitative estimate of drug-likeness (QED) is 0.344. The second-order valence-electron chi connectivity index (χ2n) is 6.33. The van der Waals surface area contributed by atoms with Gasteiger partial charge in [0.25, 0.3) is 0 Å². The Morgan fingerprint density at radius 3 is 2.55 bits per heavy atom. The molecule has 0 radical (unpaired) electrons. The molecule has 3 N–H and O–H groups in total. The number of carbonyl (C=O) groups excluding carboxylic acids is 2. The van der Waals surface area contributed by atoms with Crippen LogP contribution in [-0.2, 0) is 20.8 Å². The highest BCUT2D eigenvalue weighted by Gasteiger charge is 2.13. The first-order chi connectivity index (χ1) is 15.0. The van der Waals surface area contributed by atoms with Crippen molar-refractivity contribution in [1.29, 1.82) is 0 Å². The number of amides is 2. The highest BCUT2D eigenvalue weighted by Crippen LogP contribution is 2.20. The van der Waals surface area contributed by atoms with E-state index in [0.29, 0.717) is 33.6 Å². The second-order valence-corrected chi connectivity index (χ2v) is 7.15. The monoisotopic (exact) mass is 461 g/mol. The summed E-state index contributed by atoms with van der Waals surface area (Å²) < 4.78 is 11.7. The molecule has 0 aliphatic heterocycles. The van der Waals surface area contributed by atoms with Crippen molar-refractivity contribution >= 4 is 47.2 Å². The predicted molar refractivity (Wildman–Crippen MR) is 120 cm³/mol. The summed E-state index contributed by atoms with van der Waals surface area (Å²) in [6.45, 7) is 0.391. The molecule has 0 aliphatic carbocycles. The van der Waals surface area contributed by atoms with Crippen molar-refractivity contribution in [3.05, 3.63) is 58.3 Å². The molecule has 2 aromatic carbocycles. The Morgan fingerprint density at radius 2 is 1.84 bits per heavy atom. The molecule has 162 valence electrons. The van der Waals surface area contributed by atoms with Crippen LogP contribution in [0.3, 0.4) is 0 Å². The Labute approximate surface area is 188 Å². The van der Waals surface area contributed by atoms with Crippen molar-refractivity contribution in [2.45, 2.75) is 6.54 Å². The van der Waals surface area contributed by atoms with Crippen LogP contribution in [0.25, 0.3) is 11.4 Å². The number of halogens is 1. The van der Waals surface area contributed by atoms with E-state index < -0.39 is 6.09 Å². The first-order valence-electron chi connectivity index (χ1n) is 9.20. The van der Waals surface area contributed by atoms with Crippen molar-refractivity contribution in [1.82, 2.24) is 14.8 Å². The number of ether oxygens (including phenoxy) is 2. The molecule has 0 aliphatic rings. The summed E-state index contributed by atoms with van der Waals surface area (Å²) in [7, 11) is 1.52. The third-order valence-electron chi connectivity index (χ3n) is 4.08. The van der Waals surface area contributed by atoms with Crippen LogP contribution < -0.4 is 10.6 Å². The van der Waals surface area contributed by atoms with Crippen molar-refractivity contribution in [2.24, 2.45) is 0 Å². The minimum Gasteiger partial charge on any atom is -0.447 e. The summed E-state index contributed by atoms with van der Waals surface area (Å²) in [5.74, 6) is 0.207. The van der Waals surface area contributed by atoms with Gasteiger partial charge in [-0.15, -0.1) is 0 Å². The maximum atomic E-state index is 12.6. The molecular formula is C20H20ClN5O4S. The topological polar surface area (TPSA) is 110 Å². The van der Waals surface area contributed by atoms with Gasteiger partial charge < -0.3 is 14.8 Å². The van der Waals surface area contributed by atoms with Gasteiger partial charge in [0.1, 0.15) is 13.2 Å². The van der Waals surface area contributed by atoms with Gasteiger partial charge in [0.15, 0.2) is 10.6 Å². The van der Waals surface area contributed by atoms with Crippen LogP contribution in [0.15, 0.2) is 48.5 Å². The Balaban J connectivity index is 1.65. The lowest BCUT2D eigenvalue weighted by molar-refractivity contribution is -0.116. The minimum absolute atomic E-state index is 0.0516. The molecule has 3 rings (SSSR count). The van der Waals surface area contributed by atoms with Crippen molar-refractivity contribution < 1.29 is 19.1 Å². The number of hydrogen-bond acceptors (Lipinski definition) is 6. The summed E-state index contributed by atoms with van der Waals surface area (Å²) in [6, 6.07) is 13.8. The molecule has 0 saturated carbocycles. The van der Waals surface area contributed by atoms with E-state index in [1.165, 1.54) is 7.11 Å². The fourth-order valence-corrected chi connectivity index (χ4v) is 3.00. The number of anilines is 2. The fraction of sp³-hybridized carbons (Fsp3) is 0.200. The van der Waals surface area contributed by atoms with E-state index in [0.717, 1.165) is 5.56 Å². The van der Waals surface area contributed by atoms with Crippen LogP contribution in [0, 0.1) is 4.77 Å². The van der Waals surface area contributed by atoms with Crippen LogP contribution in [0.1, 0.15) is 0 Å². The lowest BCUT2D eigenvalue weighted by Gasteiger charge is -2.10. The van der Waals surface area contributed by atoms with Crippen LogP contribution in [-0.4, -0.2) is 47.1 Å². The molecular weight excluding hydrogens is 442 g/mol. The largest absolute Gasteiger partial charge is 0.447 e. The molecule has 0 fully saturated rings. The number of benzene rings is 2. The molecule has 0 saturated heterocycles. The average Bonchev–Trinajstić information content (AvgIpc) is 3.09. The number of nitrogens with zero attached hydrogens (tertiary/aromatic N) is 2. The van der Waals surface area contributed by atoms with Gasteiger partial charge >= 0.3 is 6.09 Å². The van der Waals surface area contributed by atoms with Crippen LogP contribution >= 0.6 is 23.8 Å². The molecule has 1 heterocycles. The number of aromatic amines is 1. The molecule has 2 amide bonds. The number of methoxy groups -OCH3 is 1. The first kappa shape index (κ1) is 22.5. The van der Waals surface area contributed by atoms with Crippen molar-refractivity contribution in [3.63, 3.8) is 0 Å². The normalized spacial score (nSPS) is 10.5. The third kappa shape index (κ3) is 6.38. The standard InChI is InChI=1S/C20H20ClN5O4S/c1-29-9-10-30-20(28)23-16-4-2-3-15(11-16)22-17(27)12-26-18(24-25-19(26)31)13-5-7-14(21)8-6-13/h2-8,11H,9-10,12H2,1H3,(H,22,27)(H,23,28)(H,25,31). The molecule has 0 spiro atoms. The van der Waals surface area contributed by atoms with Crippen molar-refractivity contribution in [2.75, 3.05) is 31.0 Å².